The van der Waals surface area contributed by atoms with Gasteiger partial charge in [0, 0.05) is 51.6 Å². The molecule has 61 heavy (non-hydrogen) atoms. The van der Waals surface area contributed by atoms with Crippen LogP contribution in [0.5, 0.6) is 0 Å². The number of fused-ring (bicyclic) bond motifs is 3. The molecule has 296 valence electrons. The number of allylic oxidation sites excluding steroid dienone is 13. The van der Waals surface area contributed by atoms with Crippen LogP contribution in [0.1, 0.15) is 35.9 Å². The van der Waals surface area contributed by atoms with E-state index >= 15 is 0 Å². The molecule has 6 aromatic rings. The molecule has 2 aromatic heterocycles. The van der Waals surface area contributed by atoms with Crippen molar-refractivity contribution in [1.29, 1.82) is 0 Å². The Morgan fingerprint density at radius 2 is 1.36 bits per heavy atom. The van der Waals surface area contributed by atoms with E-state index in [-0.39, 0.29) is 22.5 Å². The molecular formula is C55H44N4OS. The molecule has 6 heteroatoms. The largest absolute Gasteiger partial charge is 0.299 e. The number of nitrogens with zero attached hydrogens (tertiary/aromatic N) is 4. The summed E-state index contributed by atoms with van der Waals surface area (Å²) in [6, 6.07) is 41.9. The fourth-order valence-corrected chi connectivity index (χ4v) is 9.83. The molecule has 3 aliphatic rings. The molecule has 0 saturated carbocycles. The third kappa shape index (κ3) is 8.41. The van der Waals surface area contributed by atoms with Crippen LogP contribution in [-0.2, 0) is 10.2 Å². The second-order valence-electron chi connectivity index (χ2n) is 15.5. The lowest BCUT2D eigenvalue weighted by Gasteiger charge is -2.40. The van der Waals surface area contributed by atoms with E-state index in [9.17, 15) is 4.79 Å². The van der Waals surface area contributed by atoms with Gasteiger partial charge in [0.05, 0.1) is 0 Å². The summed E-state index contributed by atoms with van der Waals surface area (Å²) < 4.78 is 0. The minimum atomic E-state index is -0.253. The van der Waals surface area contributed by atoms with E-state index in [1.54, 1.807) is 24.0 Å². The Labute approximate surface area is 362 Å². The predicted octanol–water partition coefficient (Wildman–Crippen LogP) is 12.7. The first-order chi connectivity index (χ1) is 30.1. The summed E-state index contributed by atoms with van der Waals surface area (Å²) in [5, 5.41) is 2.26. The Morgan fingerprint density at radius 1 is 0.705 bits per heavy atom. The fourth-order valence-electron chi connectivity index (χ4n) is 8.64. The zero-order valence-corrected chi connectivity index (χ0v) is 34.6. The van der Waals surface area contributed by atoms with Gasteiger partial charge in [0.15, 0.2) is 17.5 Å². The van der Waals surface area contributed by atoms with Crippen molar-refractivity contribution in [1.82, 2.24) is 19.9 Å². The minimum absolute atomic E-state index is 0.108. The van der Waals surface area contributed by atoms with Crippen LogP contribution in [-0.4, -0.2) is 31.5 Å². The molecule has 9 rings (SSSR count). The van der Waals surface area contributed by atoms with Gasteiger partial charge in [-0.1, -0.05) is 183 Å². The molecule has 0 bridgehead atoms. The van der Waals surface area contributed by atoms with Crippen molar-refractivity contribution in [2.45, 2.75) is 24.0 Å². The average Bonchev–Trinajstić information content (AvgIpc) is 3.59. The van der Waals surface area contributed by atoms with Crippen molar-refractivity contribution >= 4 is 29.7 Å². The first-order valence-corrected chi connectivity index (χ1v) is 21.6. The third-order valence-corrected chi connectivity index (χ3v) is 12.8. The molecule has 3 atom stereocenters. The Morgan fingerprint density at radius 3 is 1.98 bits per heavy atom. The molecular weight excluding hydrogens is 765 g/mol. The Bertz CT molecular complexity index is 2690. The number of aromatic nitrogens is 4. The Kier molecular flexibility index (Phi) is 11.7. The maximum atomic E-state index is 11.7. The van der Waals surface area contributed by atoms with Crippen LogP contribution in [0.3, 0.4) is 0 Å². The second kappa shape index (κ2) is 18.1. The molecule has 0 saturated heterocycles. The zero-order valence-electron chi connectivity index (χ0n) is 33.8. The maximum Gasteiger partial charge on any atom is 0.164 e. The molecule has 0 spiro atoms. The lowest BCUT2D eigenvalue weighted by atomic mass is 9.66. The Hall–Kier alpha value is -7.02. The third-order valence-electron chi connectivity index (χ3n) is 11.8. The zero-order chi connectivity index (χ0) is 41.4. The van der Waals surface area contributed by atoms with Gasteiger partial charge in [-0.2, -0.15) is 0 Å². The summed E-state index contributed by atoms with van der Waals surface area (Å²) in [7, 11) is 0. The lowest BCUT2D eigenvalue weighted by molar-refractivity contribution is -0.104. The molecule has 0 aliphatic heterocycles. The number of carbonyl (C=O) groups excluding carboxylic acids is 1. The SMILES string of the molecule is CC1(C2C=CC(C3C=CC(c4nc(-c5ccccc5)nc(-c5ccccc5)n4)=CC3)=CC2S/C=C/C(=C\C=O)/C=C/C=C\c2cccnc2)c2ccccc2-c2ccccc21. The van der Waals surface area contributed by atoms with Crippen molar-refractivity contribution < 1.29 is 4.79 Å². The predicted molar refractivity (Wildman–Crippen MR) is 252 cm³/mol. The lowest BCUT2D eigenvalue weighted by Crippen LogP contribution is -2.37. The van der Waals surface area contributed by atoms with E-state index in [1.807, 2.05) is 109 Å². The molecule has 0 fully saturated rings. The highest BCUT2D eigenvalue weighted by Gasteiger charge is 2.47. The first kappa shape index (κ1) is 39.4. The molecule has 2 heterocycles. The number of rotatable bonds is 12. The van der Waals surface area contributed by atoms with Gasteiger partial charge in [-0.15, -0.1) is 11.8 Å². The van der Waals surface area contributed by atoms with Crippen molar-refractivity contribution in [3.8, 4) is 33.9 Å². The molecule has 5 nitrogen and oxygen atoms in total. The second-order valence-corrected chi connectivity index (χ2v) is 16.5. The van der Waals surface area contributed by atoms with E-state index in [1.165, 1.54) is 27.8 Å². The van der Waals surface area contributed by atoms with Gasteiger partial charge >= 0.3 is 0 Å². The summed E-state index contributed by atoms with van der Waals surface area (Å²) >= 11 is 1.80. The van der Waals surface area contributed by atoms with Crippen LogP contribution < -0.4 is 0 Å². The fraction of sp³-hybridized carbons (Fsp3) is 0.109. The van der Waals surface area contributed by atoms with E-state index in [2.05, 4.69) is 102 Å². The first-order valence-electron chi connectivity index (χ1n) is 20.7. The average molecular weight is 809 g/mol. The highest BCUT2D eigenvalue weighted by Crippen LogP contribution is 2.56. The topological polar surface area (TPSA) is 68.6 Å². The molecule has 4 aromatic carbocycles. The van der Waals surface area contributed by atoms with Gasteiger partial charge in [-0.25, -0.2) is 15.0 Å². The van der Waals surface area contributed by atoms with Crippen molar-refractivity contribution in [2.75, 3.05) is 0 Å². The molecule has 0 N–H and O–H groups in total. The number of hydrogen-bond donors (Lipinski definition) is 0. The molecule has 3 aliphatic carbocycles. The van der Waals surface area contributed by atoms with E-state index in [0.717, 1.165) is 40.5 Å². The van der Waals surface area contributed by atoms with Crippen LogP contribution in [0.15, 0.2) is 217 Å². The van der Waals surface area contributed by atoms with Gasteiger partial charge in [0.25, 0.3) is 0 Å². The van der Waals surface area contributed by atoms with Gasteiger partial charge in [0.2, 0.25) is 0 Å². The summed E-state index contributed by atoms with van der Waals surface area (Å²) in [5.41, 5.74) is 11.1. The summed E-state index contributed by atoms with van der Waals surface area (Å²) in [6.45, 7) is 2.41. The van der Waals surface area contributed by atoms with Crippen LogP contribution in [0.25, 0.3) is 45.6 Å². The molecule has 0 radical (unpaired) electrons. The normalized spacial score (nSPS) is 19.2. The van der Waals surface area contributed by atoms with E-state index < -0.39 is 0 Å². The highest BCUT2D eigenvalue weighted by atomic mass is 32.2. The van der Waals surface area contributed by atoms with Crippen LogP contribution in [0, 0.1) is 11.8 Å². The van der Waals surface area contributed by atoms with Crippen LogP contribution in [0.4, 0.5) is 0 Å². The number of aldehydes is 1. The number of thioether (sulfide) groups is 1. The number of pyridine rings is 1. The molecule has 3 unspecified atom stereocenters. The monoisotopic (exact) mass is 808 g/mol. The van der Waals surface area contributed by atoms with Crippen LogP contribution in [0.2, 0.25) is 0 Å². The number of carbonyl (C=O) groups is 1. The van der Waals surface area contributed by atoms with Crippen LogP contribution >= 0.6 is 11.8 Å². The molecule has 0 amide bonds. The Balaban J connectivity index is 1.01. The quantitative estimate of drug-likeness (QED) is 0.0697. The summed E-state index contributed by atoms with van der Waals surface area (Å²) in [4.78, 5) is 30.7. The van der Waals surface area contributed by atoms with Gasteiger partial charge in [-0.3, -0.25) is 9.78 Å². The van der Waals surface area contributed by atoms with E-state index in [4.69, 9.17) is 15.0 Å². The van der Waals surface area contributed by atoms with Gasteiger partial charge < -0.3 is 0 Å². The smallest absolute Gasteiger partial charge is 0.164 e. The standard InChI is InChI=1S/C55H44N4OS/c1-55(48-24-12-10-22-46(48)47-23-11-13-25-49(47)55)50-31-30-45(37-51(50)61-36-33-39(32-35-60)15-8-9-16-40-17-14-34-56-38-40)41-26-28-44(29-27-41)54-58-52(42-18-4-2-5-19-42)57-53(59-54)43-20-6-3-7-21-43/h2-26,28-38,41,50-51H,27H2,1H3/b15-8+,16-9-,36-33+,39-32-. The summed E-state index contributed by atoms with van der Waals surface area (Å²) in [5.74, 6) is 2.33. The van der Waals surface area contributed by atoms with Gasteiger partial charge in [0.1, 0.15) is 6.29 Å². The van der Waals surface area contributed by atoms with E-state index in [0.29, 0.717) is 17.5 Å². The highest BCUT2D eigenvalue weighted by molar-refractivity contribution is 8.02. The maximum absolute atomic E-state index is 11.7. The number of benzene rings is 4. The van der Waals surface area contributed by atoms with Crippen molar-refractivity contribution in [2.24, 2.45) is 11.8 Å². The summed E-state index contributed by atoms with van der Waals surface area (Å²) in [6.07, 6.45) is 30.8. The van der Waals surface area contributed by atoms with Crippen molar-refractivity contribution in [3.05, 3.63) is 240 Å². The number of hydrogen-bond acceptors (Lipinski definition) is 6. The van der Waals surface area contributed by atoms with Crippen molar-refractivity contribution in [3.63, 3.8) is 0 Å². The minimum Gasteiger partial charge on any atom is -0.299 e. The van der Waals surface area contributed by atoms with Gasteiger partial charge in [-0.05, 0) is 69.0 Å².